The van der Waals surface area contributed by atoms with Crippen LogP contribution in [0.25, 0.3) is 0 Å². The van der Waals surface area contributed by atoms with Crippen molar-refractivity contribution < 1.29 is 4.39 Å². The number of halogens is 1. The Kier molecular flexibility index (Phi) is 0.268. The van der Waals surface area contributed by atoms with Gasteiger partial charge < -0.3 is 0 Å². The molecule has 0 aromatic rings. The van der Waals surface area contributed by atoms with Crippen molar-refractivity contribution in [1.82, 2.24) is 0 Å². The van der Waals surface area contributed by atoms with Gasteiger partial charge in [-0.15, -0.1) is 0 Å². The van der Waals surface area contributed by atoms with E-state index in [2.05, 4.69) is 0 Å². The van der Waals surface area contributed by atoms with E-state index >= 15 is 0 Å². The molecule has 0 nitrogen and oxygen atoms in total. The van der Waals surface area contributed by atoms with Crippen molar-refractivity contribution in [3.8, 4) is 0 Å². The summed E-state index contributed by atoms with van der Waals surface area (Å²) in [5, 5.41) is 0. The molecule has 1 spiro atoms. The first-order chi connectivity index (χ1) is 2.83. The van der Waals surface area contributed by atoms with Gasteiger partial charge >= 0.3 is 0 Å². The minimum Gasteiger partial charge on any atom is -0.247 e. The van der Waals surface area contributed by atoms with Crippen LogP contribution in [0.1, 0.15) is 19.3 Å². The molecule has 0 bridgehead atoms. The lowest BCUT2D eigenvalue weighted by Crippen LogP contribution is -1.69. The third kappa shape index (κ3) is 0.174. The van der Waals surface area contributed by atoms with Crippen LogP contribution < -0.4 is 0 Å². The van der Waals surface area contributed by atoms with Crippen molar-refractivity contribution >= 4 is 0 Å². The summed E-state index contributed by atoms with van der Waals surface area (Å²) in [6, 6.07) is 0. The van der Waals surface area contributed by atoms with Crippen molar-refractivity contribution in [1.29, 1.82) is 0 Å². The van der Waals surface area contributed by atoms with Gasteiger partial charge in [-0.25, -0.2) is 4.39 Å². The summed E-state index contributed by atoms with van der Waals surface area (Å²) in [6.45, 7) is 0. The van der Waals surface area contributed by atoms with E-state index in [-0.39, 0.29) is 0 Å². The van der Waals surface area contributed by atoms with E-state index in [9.17, 15) is 4.39 Å². The number of hydrogen-bond donors (Lipinski definition) is 0. The second-order valence-corrected chi connectivity index (χ2v) is 2.53. The van der Waals surface area contributed by atoms with Crippen molar-refractivity contribution in [2.24, 2.45) is 5.41 Å². The van der Waals surface area contributed by atoms with Gasteiger partial charge in [0.15, 0.2) is 0 Å². The fourth-order valence-electron chi connectivity index (χ4n) is 0.976. The average molecular weight is 86.1 g/mol. The Balaban J connectivity index is 2.17. The van der Waals surface area contributed by atoms with Crippen molar-refractivity contribution in [3.05, 3.63) is 0 Å². The molecule has 0 amide bonds. The van der Waals surface area contributed by atoms with E-state index in [1.165, 1.54) is 12.8 Å². The van der Waals surface area contributed by atoms with Gasteiger partial charge in [-0.3, -0.25) is 0 Å². The Hall–Kier alpha value is -0.0700. The largest absolute Gasteiger partial charge is 0.247 e. The summed E-state index contributed by atoms with van der Waals surface area (Å²) >= 11 is 0. The summed E-state index contributed by atoms with van der Waals surface area (Å²) in [5.74, 6) is 0. The van der Waals surface area contributed by atoms with E-state index in [0.29, 0.717) is 5.41 Å². The van der Waals surface area contributed by atoms with Gasteiger partial charge in [0.25, 0.3) is 0 Å². The molecular formula is C5H7F. The summed E-state index contributed by atoms with van der Waals surface area (Å²) in [7, 11) is 0. The van der Waals surface area contributed by atoms with Crippen LogP contribution in [0.4, 0.5) is 4.39 Å². The molecule has 0 aromatic carbocycles. The second kappa shape index (κ2) is 0.535. The van der Waals surface area contributed by atoms with Crippen LogP contribution in [0.2, 0.25) is 0 Å². The maximum absolute atomic E-state index is 12.0. The lowest BCUT2D eigenvalue weighted by molar-refractivity contribution is 0.440. The zero-order valence-electron chi connectivity index (χ0n) is 3.58. The number of hydrogen-bond acceptors (Lipinski definition) is 0. The molecule has 2 rings (SSSR count). The lowest BCUT2D eigenvalue weighted by atomic mass is 10.4. The molecule has 2 saturated carbocycles. The van der Waals surface area contributed by atoms with Gasteiger partial charge in [0.2, 0.25) is 0 Å². The molecule has 0 heterocycles. The summed E-state index contributed by atoms with van der Waals surface area (Å²) in [5.41, 5.74) is 0.292. The Bertz CT molecular complexity index is 83.9. The van der Waals surface area contributed by atoms with Gasteiger partial charge in [-0.05, 0) is 19.3 Å². The highest BCUT2D eigenvalue weighted by Crippen LogP contribution is 2.67. The maximum atomic E-state index is 12.0. The third-order valence-corrected chi connectivity index (χ3v) is 1.98. The zero-order valence-corrected chi connectivity index (χ0v) is 3.58. The van der Waals surface area contributed by atoms with E-state index in [1.54, 1.807) is 0 Å². The van der Waals surface area contributed by atoms with Crippen molar-refractivity contribution in [2.45, 2.75) is 25.4 Å². The first-order valence-electron chi connectivity index (χ1n) is 2.48. The third-order valence-electron chi connectivity index (χ3n) is 1.98. The molecule has 0 unspecified atom stereocenters. The van der Waals surface area contributed by atoms with E-state index in [0.717, 1.165) is 6.42 Å². The molecule has 2 aliphatic carbocycles. The van der Waals surface area contributed by atoms with E-state index in [1.807, 2.05) is 0 Å². The standard InChI is InChI=1S/C5H7F/c6-4-3-5(4)1-2-5/h4H,1-3H2/t4-/m1/s1. The van der Waals surface area contributed by atoms with Gasteiger partial charge in [-0.2, -0.15) is 0 Å². The van der Waals surface area contributed by atoms with E-state index in [4.69, 9.17) is 0 Å². The molecule has 0 aromatic heterocycles. The Morgan fingerprint density at radius 2 is 2.00 bits per heavy atom. The van der Waals surface area contributed by atoms with Gasteiger partial charge in [0.05, 0.1) is 0 Å². The highest BCUT2D eigenvalue weighted by atomic mass is 19.1. The molecule has 2 fully saturated rings. The minimum absolute atomic E-state index is 0.292. The molecule has 0 radical (unpaired) electrons. The van der Waals surface area contributed by atoms with Gasteiger partial charge in [0.1, 0.15) is 6.17 Å². The molecule has 2 aliphatic rings. The molecule has 0 saturated heterocycles. The van der Waals surface area contributed by atoms with Crippen LogP contribution in [-0.4, -0.2) is 6.17 Å². The Morgan fingerprint density at radius 1 is 1.50 bits per heavy atom. The normalized spacial score (nSPS) is 46.5. The monoisotopic (exact) mass is 86.1 g/mol. The SMILES string of the molecule is F[C@@H]1CC12CC2. The van der Waals surface area contributed by atoms with Crippen LogP contribution in [0.15, 0.2) is 0 Å². The smallest absolute Gasteiger partial charge is 0.106 e. The topological polar surface area (TPSA) is 0 Å². The molecule has 0 aliphatic heterocycles. The van der Waals surface area contributed by atoms with Crippen LogP contribution in [0.5, 0.6) is 0 Å². The van der Waals surface area contributed by atoms with Gasteiger partial charge in [0, 0.05) is 5.41 Å². The predicted molar refractivity (Wildman–Crippen MR) is 21.2 cm³/mol. The van der Waals surface area contributed by atoms with Crippen LogP contribution in [-0.2, 0) is 0 Å². The fraction of sp³-hybridized carbons (Fsp3) is 1.00. The predicted octanol–water partition coefficient (Wildman–Crippen LogP) is 1.51. The summed E-state index contributed by atoms with van der Waals surface area (Å²) in [6.07, 6.45) is 2.84. The first kappa shape index (κ1) is 3.00. The molecule has 1 heteroatoms. The summed E-state index contributed by atoms with van der Waals surface area (Å²) in [4.78, 5) is 0. The van der Waals surface area contributed by atoms with Crippen LogP contribution >= 0.6 is 0 Å². The number of rotatable bonds is 0. The molecule has 6 heavy (non-hydrogen) atoms. The minimum atomic E-state index is -0.391. The highest BCUT2D eigenvalue weighted by Gasteiger charge is 2.63. The van der Waals surface area contributed by atoms with E-state index < -0.39 is 6.17 Å². The molecule has 0 N–H and O–H groups in total. The van der Waals surface area contributed by atoms with Gasteiger partial charge in [-0.1, -0.05) is 0 Å². The number of alkyl halides is 1. The Morgan fingerprint density at radius 3 is 2.00 bits per heavy atom. The highest BCUT2D eigenvalue weighted by molar-refractivity contribution is 5.13. The van der Waals surface area contributed by atoms with Crippen molar-refractivity contribution in [2.75, 3.05) is 0 Å². The van der Waals surface area contributed by atoms with Crippen LogP contribution in [0.3, 0.4) is 0 Å². The molecule has 34 valence electrons. The summed E-state index contributed by atoms with van der Waals surface area (Å²) < 4.78 is 12.0. The molecular weight excluding hydrogens is 79.1 g/mol. The fourth-order valence-corrected chi connectivity index (χ4v) is 0.976. The van der Waals surface area contributed by atoms with Crippen molar-refractivity contribution in [3.63, 3.8) is 0 Å². The second-order valence-electron chi connectivity index (χ2n) is 2.53. The van der Waals surface area contributed by atoms with Crippen LogP contribution in [0, 0.1) is 5.41 Å². The maximum Gasteiger partial charge on any atom is 0.106 e. The average Bonchev–Trinajstić information content (AvgIpc) is 2.25. The molecule has 1 atom stereocenters. The Labute approximate surface area is 36.4 Å². The quantitative estimate of drug-likeness (QED) is 0.419. The zero-order chi connectivity index (χ0) is 4.20. The first-order valence-corrected chi connectivity index (χ1v) is 2.48. The lowest BCUT2D eigenvalue weighted by Gasteiger charge is -1.68.